The second-order valence-electron chi connectivity index (χ2n) is 6.69. The topological polar surface area (TPSA) is 127 Å². The van der Waals surface area contributed by atoms with Crippen LogP contribution in [0.5, 0.6) is 0 Å². The third-order valence-electron chi connectivity index (χ3n) is 4.58. The fourth-order valence-electron chi connectivity index (χ4n) is 2.66. The Hall–Kier alpha value is -2.37. The lowest BCUT2D eigenvalue weighted by Crippen LogP contribution is -2.33. The summed E-state index contributed by atoms with van der Waals surface area (Å²) in [5.74, 6) is -0.783. The molecule has 0 aliphatic heterocycles. The maximum Gasteiger partial charge on any atom is 0.328 e. The Bertz CT molecular complexity index is 1100. The number of nitrogens with one attached hydrogen (secondary N) is 2. The van der Waals surface area contributed by atoms with E-state index in [0.29, 0.717) is 28.4 Å². The van der Waals surface area contributed by atoms with Gasteiger partial charge in [-0.15, -0.1) is 0 Å². The molecule has 0 saturated carbocycles. The molecule has 174 valence electrons. The van der Waals surface area contributed by atoms with E-state index in [1.54, 1.807) is 36.9 Å². The number of anilines is 2. The summed E-state index contributed by atoms with van der Waals surface area (Å²) in [4.78, 5) is 33.2. The van der Waals surface area contributed by atoms with Crippen LogP contribution in [0.25, 0.3) is 0 Å². The number of hydrogen-bond donors (Lipinski definition) is 2. The van der Waals surface area contributed by atoms with E-state index in [9.17, 15) is 18.0 Å². The monoisotopic (exact) mass is 500 g/mol. The standard InChI is InChI=1S/C20H25ClN4O5S2/c1-5-32(28,29)20-22-11-16(23-15(9-10-31-4)19(27)30-3)17(25-20)18(26)24-14-8-6-7-13(21)12(14)2/h6-8,11,15,23H,5,9-10H2,1-4H3,(H,24,26). The molecule has 32 heavy (non-hydrogen) atoms. The third-order valence-corrected chi connectivity index (χ3v) is 7.15. The number of thioether (sulfide) groups is 1. The number of methoxy groups -OCH3 is 1. The normalized spacial score (nSPS) is 12.2. The van der Waals surface area contributed by atoms with Gasteiger partial charge >= 0.3 is 5.97 Å². The van der Waals surface area contributed by atoms with Crippen molar-refractivity contribution in [3.63, 3.8) is 0 Å². The average molecular weight is 501 g/mol. The van der Waals surface area contributed by atoms with Gasteiger partial charge in [0.15, 0.2) is 5.69 Å². The number of carbonyl (C=O) groups is 2. The SMILES string of the molecule is CCS(=O)(=O)c1ncc(NC(CCSC)C(=O)OC)c(C(=O)Nc2cccc(Cl)c2C)n1. The van der Waals surface area contributed by atoms with Crippen molar-refractivity contribution < 1.29 is 22.7 Å². The summed E-state index contributed by atoms with van der Waals surface area (Å²) in [6.45, 7) is 3.19. The minimum absolute atomic E-state index is 0.105. The van der Waals surface area contributed by atoms with Crippen LogP contribution in [0.4, 0.5) is 11.4 Å². The summed E-state index contributed by atoms with van der Waals surface area (Å²) in [6, 6.07) is 4.24. The fraction of sp³-hybridized carbons (Fsp3) is 0.400. The van der Waals surface area contributed by atoms with Crippen LogP contribution in [-0.2, 0) is 19.4 Å². The molecule has 2 N–H and O–H groups in total. The molecule has 1 unspecified atom stereocenters. The Morgan fingerprint density at radius 1 is 1.28 bits per heavy atom. The second kappa shape index (κ2) is 11.5. The first-order valence-corrected chi connectivity index (χ1v) is 13.1. The molecular weight excluding hydrogens is 476 g/mol. The molecule has 1 heterocycles. The molecular formula is C20H25ClN4O5S2. The molecule has 0 radical (unpaired) electrons. The molecule has 1 aromatic heterocycles. The summed E-state index contributed by atoms with van der Waals surface area (Å²) in [5.41, 5.74) is 0.969. The first kappa shape index (κ1) is 25.9. The molecule has 1 amide bonds. The fourth-order valence-corrected chi connectivity index (χ4v) is 4.01. The van der Waals surface area contributed by atoms with Crippen molar-refractivity contribution in [2.24, 2.45) is 0 Å². The van der Waals surface area contributed by atoms with Gasteiger partial charge < -0.3 is 15.4 Å². The Kier molecular flexibility index (Phi) is 9.29. The molecule has 0 aliphatic rings. The number of sulfone groups is 1. The van der Waals surface area contributed by atoms with Crippen LogP contribution < -0.4 is 10.6 Å². The van der Waals surface area contributed by atoms with Gasteiger partial charge in [0.25, 0.3) is 5.91 Å². The van der Waals surface area contributed by atoms with Gasteiger partial charge in [-0.2, -0.15) is 11.8 Å². The quantitative estimate of drug-likeness (QED) is 0.373. The lowest BCUT2D eigenvalue weighted by Gasteiger charge is -2.19. The molecule has 2 rings (SSSR count). The molecule has 12 heteroatoms. The zero-order valence-electron chi connectivity index (χ0n) is 18.1. The molecule has 0 aliphatic carbocycles. The highest BCUT2D eigenvalue weighted by Crippen LogP contribution is 2.25. The number of amides is 1. The summed E-state index contributed by atoms with van der Waals surface area (Å²) < 4.78 is 29.4. The number of benzene rings is 1. The van der Waals surface area contributed by atoms with Crippen molar-refractivity contribution in [2.45, 2.75) is 31.5 Å². The zero-order chi connectivity index (χ0) is 23.9. The van der Waals surface area contributed by atoms with Gasteiger partial charge in [-0.25, -0.2) is 23.2 Å². The lowest BCUT2D eigenvalue weighted by atomic mass is 10.2. The molecule has 2 aromatic rings. The number of aromatic nitrogens is 2. The van der Waals surface area contributed by atoms with Gasteiger partial charge in [0, 0.05) is 10.7 Å². The van der Waals surface area contributed by atoms with Gasteiger partial charge in [-0.05, 0) is 43.0 Å². The summed E-state index contributed by atoms with van der Waals surface area (Å²) in [5, 5.41) is 5.61. The Labute approximate surface area is 196 Å². The molecule has 1 atom stereocenters. The van der Waals surface area contributed by atoms with E-state index < -0.39 is 32.9 Å². The molecule has 0 fully saturated rings. The Balaban J connectivity index is 2.50. The lowest BCUT2D eigenvalue weighted by molar-refractivity contribution is -0.141. The van der Waals surface area contributed by atoms with E-state index in [1.165, 1.54) is 20.2 Å². The largest absolute Gasteiger partial charge is 0.467 e. The number of carbonyl (C=O) groups excluding carboxylic acids is 2. The molecule has 0 bridgehead atoms. The van der Waals surface area contributed by atoms with Gasteiger partial charge in [0.1, 0.15) is 6.04 Å². The van der Waals surface area contributed by atoms with Gasteiger partial charge in [-0.3, -0.25) is 4.79 Å². The molecule has 1 aromatic carbocycles. The average Bonchev–Trinajstić information content (AvgIpc) is 2.78. The van der Waals surface area contributed by atoms with Crippen molar-refractivity contribution in [3.8, 4) is 0 Å². The first-order chi connectivity index (χ1) is 15.1. The number of nitrogens with zero attached hydrogens (tertiary/aromatic N) is 2. The molecule has 0 saturated heterocycles. The van der Waals surface area contributed by atoms with E-state index in [4.69, 9.17) is 16.3 Å². The summed E-state index contributed by atoms with van der Waals surface area (Å²) >= 11 is 7.67. The van der Waals surface area contributed by atoms with Crippen molar-refractivity contribution in [2.75, 3.05) is 35.5 Å². The number of rotatable bonds is 10. The van der Waals surface area contributed by atoms with Gasteiger partial charge in [0.05, 0.1) is 24.7 Å². The van der Waals surface area contributed by atoms with Crippen LogP contribution in [0.3, 0.4) is 0 Å². The van der Waals surface area contributed by atoms with Gasteiger partial charge in [0.2, 0.25) is 15.0 Å². The minimum atomic E-state index is -3.77. The zero-order valence-corrected chi connectivity index (χ0v) is 20.5. The maximum absolute atomic E-state index is 13.1. The van der Waals surface area contributed by atoms with E-state index in [-0.39, 0.29) is 17.1 Å². The molecule has 0 spiro atoms. The third kappa shape index (κ3) is 6.33. The summed E-state index contributed by atoms with van der Waals surface area (Å²) in [7, 11) is -2.51. The number of halogens is 1. The van der Waals surface area contributed by atoms with Crippen LogP contribution in [0.2, 0.25) is 5.02 Å². The van der Waals surface area contributed by atoms with Crippen LogP contribution in [0.15, 0.2) is 29.6 Å². The number of ether oxygens (including phenoxy) is 1. The van der Waals surface area contributed by atoms with Crippen molar-refractivity contribution in [1.82, 2.24) is 9.97 Å². The highest BCUT2D eigenvalue weighted by atomic mass is 35.5. The van der Waals surface area contributed by atoms with E-state index in [1.807, 2.05) is 6.26 Å². The summed E-state index contributed by atoms with van der Waals surface area (Å²) in [6.07, 6.45) is 3.50. The van der Waals surface area contributed by atoms with E-state index in [2.05, 4.69) is 20.6 Å². The van der Waals surface area contributed by atoms with Crippen LogP contribution in [-0.4, -0.2) is 61.2 Å². The first-order valence-electron chi connectivity index (χ1n) is 9.64. The van der Waals surface area contributed by atoms with Crippen molar-refractivity contribution >= 4 is 56.5 Å². The highest BCUT2D eigenvalue weighted by molar-refractivity contribution is 7.98. The van der Waals surface area contributed by atoms with Gasteiger partial charge in [-0.1, -0.05) is 24.6 Å². The Morgan fingerprint density at radius 2 is 2.00 bits per heavy atom. The molecule has 9 nitrogen and oxygen atoms in total. The number of esters is 1. The highest BCUT2D eigenvalue weighted by Gasteiger charge is 2.26. The van der Waals surface area contributed by atoms with Crippen LogP contribution >= 0.6 is 23.4 Å². The van der Waals surface area contributed by atoms with E-state index >= 15 is 0 Å². The van der Waals surface area contributed by atoms with Crippen molar-refractivity contribution in [1.29, 1.82) is 0 Å². The maximum atomic E-state index is 13.1. The van der Waals surface area contributed by atoms with E-state index in [0.717, 1.165) is 0 Å². The van der Waals surface area contributed by atoms with Crippen LogP contribution in [0.1, 0.15) is 29.4 Å². The predicted octanol–water partition coefficient (Wildman–Crippen LogP) is 3.19. The van der Waals surface area contributed by atoms with Crippen molar-refractivity contribution in [3.05, 3.63) is 40.7 Å². The Morgan fingerprint density at radius 3 is 2.62 bits per heavy atom. The minimum Gasteiger partial charge on any atom is -0.467 e. The van der Waals surface area contributed by atoms with Crippen LogP contribution in [0, 0.1) is 6.92 Å². The second-order valence-corrected chi connectivity index (χ2v) is 10.3. The number of hydrogen-bond acceptors (Lipinski definition) is 9. The predicted molar refractivity (Wildman–Crippen MR) is 126 cm³/mol. The smallest absolute Gasteiger partial charge is 0.328 e.